The second kappa shape index (κ2) is 4.93. The minimum atomic E-state index is -0.683. The van der Waals surface area contributed by atoms with Gasteiger partial charge in [0, 0.05) is 6.08 Å². The summed E-state index contributed by atoms with van der Waals surface area (Å²) in [5.41, 5.74) is 7.67. The van der Waals surface area contributed by atoms with E-state index < -0.39 is 5.91 Å². The van der Waals surface area contributed by atoms with Crippen LogP contribution in [0.4, 0.5) is 0 Å². The lowest BCUT2D eigenvalue weighted by atomic mass is 10.2. The number of hydrogen-bond donors (Lipinski definition) is 0. The molecule has 2 nitrogen and oxygen atoms in total. The van der Waals surface area contributed by atoms with E-state index in [0.717, 1.165) is 5.56 Å². The summed E-state index contributed by atoms with van der Waals surface area (Å²) in [5, 5.41) is 0. The van der Waals surface area contributed by atoms with Gasteiger partial charge in [-0.25, -0.2) is 0 Å². The van der Waals surface area contributed by atoms with Crippen LogP contribution >= 0.6 is 0 Å². The standard InChI is InChI=1S/C11H10NO/c12-11(13)9-5-4-8-10-6-2-1-3-7-10/h1-9,12H. The first-order valence-electron chi connectivity index (χ1n) is 3.94. The van der Waals surface area contributed by atoms with E-state index in [4.69, 9.17) is 5.73 Å². The van der Waals surface area contributed by atoms with Crippen molar-refractivity contribution in [1.29, 1.82) is 0 Å². The quantitative estimate of drug-likeness (QED) is 0.508. The Balaban J connectivity index is 2.55. The van der Waals surface area contributed by atoms with Gasteiger partial charge in [-0.1, -0.05) is 48.6 Å². The van der Waals surface area contributed by atoms with Gasteiger partial charge >= 0.3 is 0 Å². The molecule has 65 valence electrons. The molecule has 1 rings (SSSR count). The fourth-order valence-electron chi connectivity index (χ4n) is 0.874. The Morgan fingerprint density at radius 1 is 1.15 bits per heavy atom. The monoisotopic (exact) mass is 172 g/mol. The molecule has 0 unspecified atom stereocenters. The molecule has 1 amide bonds. The van der Waals surface area contributed by atoms with Gasteiger partial charge in [-0.2, -0.15) is 0 Å². The van der Waals surface area contributed by atoms with Gasteiger partial charge in [0.15, 0.2) is 0 Å². The third-order valence-corrected chi connectivity index (χ3v) is 1.45. The van der Waals surface area contributed by atoms with Crippen molar-refractivity contribution in [2.45, 2.75) is 0 Å². The van der Waals surface area contributed by atoms with Gasteiger partial charge in [-0.05, 0) is 5.56 Å². The Morgan fingerprint density at radius 2 is 1.85 bits per heavy atom. The zero-order valence-corrected chi connectivity index (χ0v) is 7.10. The summed E-state index contributed by atoms with van der Waals surface area (Å²) >= 11 is 0. The van der Waals surface area contributed by atoms with Gasteiger partial charge in [-0.3, -0.25) is 10.5 Å². The lowest BCUT2D eigenvalue weighted by Gasteiger charge is -1.87. The van der Waals surface area contributed by atoms with Gasteiger partial charge in [0.1, 0.15) is 0 Å². The van der Waals surface area contributed by atoms with Crippen LogP contribution in [-0.2, 0) is 4.79 Å². The van der Waals surface area contributed by atoms with Crippen molar-refractivity contribution in [3.63, 3.8) is 0 Å². The highest BCUT2D eigenvalue weighted by atomic mass is 16.1. The number of rotatable bonds is 3. The van der Waals surface area contributed by atoms with Crippen LogP contribution in [0.3, 0.4) is 0 Å². The second-order valence-corrected chi connectivity index (χ2v) is 2.49. The summed E-state index contributed by atoms with van der Waals surface area (Å²) in [6, 6.07) is 9.76. The molecule has 0 aliphatic carbocycles. The Kier molecular flexibility index (Phi) is 3.51. The number of hydrogen-bond acceptors (Lipinski definition) is 1. The molecule has 1 radical (unpaired) electrons. The first-order chi connectivity index (χ1) is 6.29. The number of amides is 1. The maximum Gasteiger partial charge on any atom is 0.262 e. The number of allylic oxidation sites excluding steroid dienone is 2. The highest BCUT2D eigenvalue weighted by Gasteiger charge is 1.81. The van der Waals surface area contributed by atoms with Gasteiger partial charge in [0.2, 0.25) is 0 Å². The van der Waals surface area contributed by atoms with Crippen molar-refractivity contribution in [3.05, 3.63) is 54.1 Å². The molecule has 13 heavy (non-hydrogen) atoms. The summed E-state index contributed by atoms with van der Waals surface area (Å²) in [4.78, 5) is 10.2. The number of carbonyl (C=O) groups excluding carboxylic acids is 1. The van der Waals surface area contributed by atoms with E-state index in [1.54, 1.807) is 12.2 Å². The van der Waals surface area contributed by atoms with Crippen LogP contribution in [-0.4, -0.2) is 5.91 Å². The van der Waals surface area contributed by atoms with Crippen molar-refractivity contribution < 1.29 is 4.79 Å². The summed E-state index contributed by atoms with van der Waals surface area (Å²) in [7, 11) is 0. The number of nitrogens with one attached hydrogen (secondary N) is 1. The second-order valence-electron chi connectivity index (χ2n) is 2.49. The van der Waals surface area contributed by atoms with Gasteiger partial charge < -0.3 is 0 Å². The van der Waals surface area contributed by atoms with E-state index >= 15 is 0 Å². The lowest BCUT2D eigenvalue weighted by molar-refractivity contribution is -0.114. The maximum atomic E-state index is 10.2. The molecule has 1 aromatic carbocycles. The van der Waals surface area contributed by atoms with Gasteiger partial charge in [0.25, 0.3) is 5.91 Å². The molecule has 0 spiro atoms. The molecule has 1 N–H and O–H groups in total. The molecule has 0 saturated heterocycles. The average molecular weight is 172 g/mol. The first-order valence-corrected chi connectivity index (χ1v) is 3.94. The summed E-state index contributed by atoms with van der Waals surface area (Å²) in [6.45, 7) is 0. The Bertz CT molecular complexity index is 325. The fraction of sp³-hybridized carbons (Fsp3) is 0. The Morgan fingerprint density at radius 3 is 2.46 bits per heavy atom. The molecule has 1 aromatic rings. The maximum absolute atomic E-state index is 10.2. The van der Waals surface area contributed by atoms with Crippen LogP contribution in [0.2, 0.25) is 0 Å². The smallest absolute Gasteiger partial charge is 0.262 e. The highest BCUT2D eigenvalue weighted by Crippen LogP contribution is 2.00. The molecular formula is C11H10NO. The molecule has 0 heterocycles. The third kappa shape index (κ3) is 3.91. The van der Waals surface area contributed by atoms with Gasteiger partial charge in [0.05, 0.1) is 0 Å². The van der Waals surface area contributed by atoms with E-state index in [1.165, 1.54) is 6.08 Å². The minimum Gasteiger partial charge on any atom is -0.268 e. The number of carbonyl (C=O) groups is 1. The van der Waals surface area contributed by atoms with Crippen molar-refractivity contribution >= 4 is 12.0 Å². The third-order valence-electron chi connectivity index (χ3n) is 1.45. The zero-order chi connectivity index (χ0) is 9.52. The molecule has 0 saturated carbocycles. The van der Waals surface area contributed by atoms with Crippen molar-refractivity contribution in [3.8, 4) is 0 Å². The zero-order valence-electron chi connectivity index (χ0n) is 7.10. The predicted molar refractivity (Wildman–Crippen MR) is 52.7 cm³/mol. The molecule has 0 aromatic heterocycles. The minimum absolute atomic E-state index is 0.683. The van der Waals surface area contributed by atoms with Crippen LogP contribution in [0.1, 0.15) is 5.56 Å². The number of benzene rings is 1. The SMILES string of the molecule is [NH]C(=O)C=CC=Cc1ccccc1. The normalized spacial score (nSPS) is 11.1. The van der Waals surface area contributed by atoms with E-state index in [2.05, 4.69) is 0 Å². The predicted octanol–water partition coefficient (Wildman–Crippen LogP) is 2.07. The Labute approximate surface area is 77.4 Å². The van der Waals surface area contributed by atoms with Crippen LogP contribution in [0, 0.1) is 0 Å². The van der Waals surface area contributed by atoms with E-state index in [1.807, 2.05) is 36.4 Å². The Hall–Kier alpha value is -1.83. The molecule has 0 aliphatic heterocycles. The van der Waals surface area contributed by atoms with Crippen LogP contribution in [0.25, 0.3) is 6.08 Å². The fourth-order valence-corrected chi connectivity index (χ4v) is 0.874. The first kappa shape index (κ1) is 9.26. The summed E-state index contributed by atoms with van der Waals surface area (Å²) < 4.78 is 0. The lowest BCUT2D eigenvalue weighted by Crippen LogP contribution is -1.88. The molecule has 0 aliphatic rings. The van der Waals surface area contributed by atoms with Crippen molar-refractivity contribution in [2.24, 2.45) is 0 Å². The molecular weight excluding hydrogens is 162 g/mol. The molecule has 0 atom stereocenters. The summed E-state index contributed by atoms with van der Waals surface area (Å²) in [6.07, 6.45) is 6.38. The molecule has 0 bridgehead atoms. The van der Waals surface area contributed by atoms with Crippen LogP contribution in [0.5, 0.6) is 0 Å². The topological polar surface area (TPSA) is 40.9 Å². The van der Waals surface area contributed by atoms with Crippen molar-refractivity contribution in [1.82, 2.24) is 5.73 Å². The van der Waals surface area contributed by atoms with Crippen LogP contribution in [0.15, 0.2) is 48.6 Å². The van der Waals surface area contributed by atoms with Gasteiger partial charge in [-0.15, -0.1) is 0 Å². The largest absolute Gasteiger partial charge is 0.268 e. The molecule has 2 heteroatoms. The summed E-state index contributed by atoms with van der Waals surface area (Å²) in [5.74, 6) is -0.683. The average Bonchev–Trinajstić information content (AvgIpc) is 2.14. The van der Waals surface area contributed by atoms with E-state index in [0.29, 0.717) is 0 Å². The highest BCUT2D eigenvalue weighted by molar-refractivity contribution is 5.85. The van der Waals surface area contributed by atoms with E-state index in [9.17, 15) is 4.79 Å². The van der Waals surface area contributed by atoms with Crippen molar-refractivity contribution in [2.75, 3.05) is 0 Å². The van der Waals surface area contributed by atoms with E-state index in [-0.39, 0.29) is 0 Å². The van der Waals surface area contributed by atoms with Crippen LogP contribution < -0.4 is 5.73 Å². The molecule has 0 fully saturated rings.